The molecular formula is C13H12N6. The van der Waals surface area contributed by atoms with E-state index in [4.69, 9.17) is 16.3 Å². The molecule has 1 aromatic carbocycles. The van der Waals surface area contributed by atoms with E-state index in [-0.39, 0.29) is 5.82 Å². The highest BCUT2D eigenvalue weighted by atomic mass is 15.3. The minimum atomic E-state index is 0.274. The van der Waals surface area contributed by atoms with Gasteiger partial charge in [0.2, 0.25) is 0 Å². The van der Waals surface area contributed by atoms with E-state index in [0.717, 1.165) is 5.69 Å². The van der Waals surface area contributed by atoms with Crippen LogP contribution in [0, 0.1) is 22.7 Å². The molecule has 0 radical (unpaired) electrons. The second-order valence-electron chi connectivity index (χ2n) is 3.84. The quantitative estimate of drug-likeness (QED) is 0.866. The summed E-state index contributed by atoms with van der Waals surface area (Å²) >= 11 is 0. The zero-order valence-corrected chi connectivity index (χ0v) is 10.2. The van der Waals surface area contributed by atoms with E-state index in [1.165, 1.54) is 4.68 Å². The monoisotopic (exact) mass is 252 g/mol. The van der Waals surface area contributed by atoms with Gasteiger partial charge in [-0.1, -0.05) is 18.2 Å². The molecule has 0 saturated carbocycles. The van der Waals surface area contributed by atoms with Gasteiger partial charge in [0, 0.05) is 5.69 Å². The number of aryl methyl sites for hydroxylation is 1. The van der Waals surface area contributed by atoms with Crippen LogP contribution in [0.15, 0.2) is 30.3 Å². The Kier molecular flexibility index (Phi) is 3.65. The Balaban J connectivity index is 2.31. The number of hydrogen-bond donors (Lipinski definition) is 2. The van der Waals surface area contributed by atoms with Gasteiger partial charge >= 0.3 is 0 Å². The molecule has 1 aromatic heterocycles. The molecule has 0 fully saturated rings. The fraction of sp³-hybridized carbons (Fsp3) is 0.154. The average molecular weight is 252 g/mol. The highest BCUT2D eigenvalue weighted by Crippen LogP contribution is 2.24. The number of nitriles is 2. The first-order valence-corrected chi connectivity index (χ1v) is 5.71. The number of nitrogen functional groups attached to an aromatic ring is 1. The summed E-state index contributed by atoms with van der Waals surface area (Å²) in [4.78, 5) is 0. The van der Waals surface area contributed by atoms with Gasteiger partial charge in [-0.05, 0) is 12.1 Å². The summed E-state index contributed by atoms with van der Waals surface area (Å²) in [7, 11) is 0. The van der Waals surface area contributed by atoms with E-state index in [2.05, 4.69) is 10.4 Å². The summed E-state index contributed by atoms with van der Waals surface area (Å²) in [6, 6.07) is 13.4. The normalized spacial score (nSPS) is 9.58. The highest BCUT2D eigenvalue weighted by molar-refractivity contribution is 5.69. The number of para-hydroxylation sites is 1. The number of anilines is 3. The maximum absolute atomic E-state index is 9.13. The Morgan fingerprint density at radius 2 is 2.00 bits per heavy atom. The van der Waals surface area contributed by atoms with Crippen molar-refractivity contribution in [1.82, 2.24) is 9.78 Å². The minimum Gasteiger partial charge on any atom is -0.383 e. The lowest BCUT2D eigenvalue weighted by molar-refractivity contribution is 0.639. The Bertz CT molecular complexity index is 644. The molecule has 0 unspecified atom stereocenters. The predicted octanol–water partition coefficient (Wildman–Crippen LogP) is 1.99. The van der Waals surface area contributed by atoms with Gasteiger partial charge < -0.3 is 11.1 Å². The van der Waals surface area contributed by atoms with Crippen LogP contribution in [0.2, 0.25) is 0 Å². The van der Waals surface area contributed by atoms with Crippen LogP contribution < -0.4 is 11.1 Å². The fourth-order valence-corrected chi connectivity index (χ4v) is 1.66. The molecule has 0 saturated heterocycles. The van der Waals surface area contributed by atoms with E-state index >= 15 is 0 Å². The van der Waals surface area contributed by atoms with Crippen LogP contribution in [0.4, 0.5) is 17.3 Å². The number of nitrogens with two attached hydrogens (primary N) is 1. The van der Waals surface area contributed by atoms with Crippen molar-refractivity contribution in [3.8, 4) is 12.1 Å². The molecule has 0 spiro atoms. The first-order valence-electron chi connectivity index (χ1n) is 5.71. The summed E-state index contributed by atoms with van der Waals surface area (Å²) in [6.45, 7) is 0.369. The van der Waals surface area contributed by atoms with E-state index < -0.39 is 0 Å². The van der Waals surface area contributed by atoms with Crippen LogP contribution in [0.3, 0.4) is 0 Å². The first kappa shape index (κ1) is 12.5. The zero-order chi connectivity index (χ0) is 13.7. The molecule has 0 aliphatic heterocycles. The summed E-state index contributed by atoms with van der Waals surface area (Å²) < 4.78 is 1.47. The van der Waals surface area contributed by atoms with Crippen molar-refractivity contribution in [3.05, 3.63) is 35.9 Å². The van der Waals surface area contributed by atoms with Crippen molar-refractivity contribution in [1.29, 1.82) is 10.5 Å². The standard InChI is InChI=1S/C13H12N6/c14-7-4-8-19-12(16)11(9-15)13(18-19)17-10-5-2-1-3-6-10/h1-3,5-6H,4,8,16H2,(H,17,18). The van der Waals surface area contributed by atoms with Crippen LogP contribution in [0.1, 0.15) is 12.0 Å². The minimum absolute atomic E-state index is 0.274. The maximum Gasteiger partial charge on any atom is 0.172 e. The molecule has 6 nitrogen and oxygen atoms in total. The van der Waals surface area contributed by atoms with Crippen LogP contribution in [-0.4, -0.2) is 9.78 Å². The molecule has 2 aromatic rings. The molecule has 1 heterocycles. The molecule has 3 N–H and O–H groups in total. The van der Waals surface area contributed by atoms with Crippen molar-refractivity contribution in [2.45, 2.75) is 13.0 Å². The van der Waals surface area contributed by atoms with Gasteiger partial charge in [0.1, 0.15) is 17.5 Å². The third kappa shape index (κ3) is 2.64. The van der Waals surface area contributed by atoms with E-state index in [9.17, 15) is 0 Å². The molecule has 0 aliphatic rings. The van der Waals surface area contributed by atoms with Crippen LogP contribution in [0.5, 0.6) is 0 Å². The van der Waals surface area contributed by atoms with Crippen LogP contribution in [0.25, 0.3) is 0 Å². The highest BCUT2D eigenvalue weighted by Gasteiger charge is 2.15. The van der Waals surface area contributed by atoms with Gasteiger partial charge in [-0.3, -0.25) is 0 Å². The van der Waals surface area contributed by atoms with Crippen LogP contribution >= 0.6 is 0 Å². The summed E-state index contributed by atoms with van der Waals surface area (Å²) in [5.74, 6) is 0.681. The average Bonchev–Trinajstić information content (AvgIpc) is 2.73. The predicted molar refractivity (Wildman–Crippen MR) is 71.3 cm³/mol. The molecule has 94 valence electrons. The van der Waals surface area contributed by atoms with E-state index in [1.54, 1.807) is 0 Å². The smallest absolute Gasteiger partial charge is 0.172 e. The number of benzene rings is 1. The van der Waals surface area contributed by atoms with Crippen molar-refractivity contribution < 1.29 is 0 Å². The lowest BCUT2D eigenvalue weighted by Crippen LogP contribution is -2.04. The number of rotatable bonds is 4. The van der Waals surface area contributed by atoms with Gasteiger partial charge in [-0.15, -0.1) is 0 Å². The first-order chi connectivity index (χ1) is 9.26. The number of hydrogen-bond acceptors (Lipinski definition) is 5. The second-order valence-corrected chi connectivity index (χ2v) is 3.84. The number of aromatic nitrogens is 2. The Morgan fingerprint density at radius 3 is 2.63 bits per heavy atom. The van der Waals surface area contributed by atoms with Crippen molar-refractivity contribution >= 4 is 17.3 Å². The molecule has 0 bridgehead atoms. The van der Waals surface area contributed by atoms with Crippen molar-refractivity contribution in [2.24, 2.45) is 0 Å². The summed E-state index contributed by atoms with van der Waals surface area (Å²) in [6.07, 6.45) is 0.293. The van der Waals surface area contributed by atoms with Gasteiger partial charge in [0.05, 0.1) is 19.0 Å². The molecular weight excluding hydrogens is 240 g/mol. The maximum atomic E-state index is 9.13. The molecule has 6 heteroatoms. The topological polar surface area (TPSA) is 103 Å². The lowest BCUT2D eigenvalue weighted by Gasteiger charge is -2.02. The zero-order valence-electron chi connectivity index (χ0n) is 10.2. The SMILES string of the molecule is N#CCCn1nc(Nc2ccccc2)c(C#N)c1N. The third-order valence-electron chi connectivity index (χ3n) is 2.58. The lowest BCUT2D eigenvalue weighted by atomic mass is 10.3. The van der Waals surface area contributed by atoms with Crippen molar-refractivity contribution in [2.75, 3.05) is 11.1 Å². The summed E-state index contributed by atoms with van der Waals surface area (Å²) in [5, 5.41) is 25.0. The van der Waals surface area contributed by atoms with E-state index in [0.29, 0.717) is 24.3 Å². The fourth-order valence-electron chi connectivity index (χ4n) is 1.66. The van der Waals surface area contributed by atoms with Crippen LogP contribution in [-0.2, 0) is 6.54 Å². The third-order valence-corrected chi connectivity index (χ3v) is 2.58. The largest absolute Gasteiger partial charge is 0.383 e. The number of nitrogens with zero attached hydrogens (tertiary/aromatic N) is 4. The van der Waals surface area contributed by atoms with Gasteiger partial charge in [0.15, 0.2) is 5.82 Å². The van der Waals surface area contributed by atoms with Crippen molar-refractivity contribution in [3.63, 3.8) is 0 Å². The summed E-state index contributed by atoms with van der Waals surface area (Å²) in [5.41, 5.74) is 6.95. The Hall–Kier alpha value is -2.99. The number of nitrogens with one attached hydrogen (secondary N) is 1. The van der Waals surface area contributed by atoms with Gasteiger partial charge in [0.25, 0.3) is 0 Å². The molecule has 0 atom stereocenters. The van der Waals surface area contributed by atoms with Gasteiger partial charge in [-0.2, -0.15) is 15.6 Å². The Morgan fingerprint density at radius 1 is 1.26 bits per heavy atom. The van der Waals surface area contributed by atoms with E-state index in [1.807, 2.05) is 42.5 Å². The molecule has 0 aliphatic carbocycles. The van der Waals surface area contributed by atoms with Gasteiger partial charge in [-0.25, -0.2) is 4.68 Å². The molecule has 0 amide bonds. The Labute approximate surface area is 110 Å². The molecule has 2 rings (SSSR count). The molecule has 19 heavy (non-hydrogen) atoms. The second kappa shape index (κ2) is 5.56.